The van der Waals surface area contributed by atoms with Gasteiger partial charge >= 0.3 is 0 Å². The fraction of sp³-hybridized carbons (Fsp3) is 0.350. The van der Waals surface area contributed by atoms with Gasteiger partial charge in [-0.05, 0) is 41.2 Å². The second-order valence-corrected chi connectivity index (χ2v) is 8.26. The number of carbonyl (C=O) groups is 1. The Kier molecular flexibility index (Phi) is 4.71. The van der Waals surface area contributed by atoms with Crippen LogP contribution in [-0.2, 0) is 16.6 Å². The number of benzene rings is 2. The largest absolute Gasteiger partial charge is 0.355 e. The maximum absolute atomic E-state index is 14.3. The lowest BCUT2D eigenvalue weighted by molar-refractivity contribution is -0.120. The van der Waals surface area contributed by atoms with E-state index in [1.807, 2.05) is 38.1 Å². The summed E-state index contributed by atoms with van der Waals surface area (Å²) in [4.78, 5) is 12.3. The molecule has 5 heteroatoms. The van der Waals surface area contributed by atoms with E-state index in [1.54, 1.807) is 0 Å². The van der Waals surface area contributed by atoms with Gasteiger partial charge in [-0.2, -0.15) is 0 Å². The number of halogens is 3. The van der Waals surface area contributed by atoms with Crippen LogP contribution in [0.25, 0.3) is 0 Å². The minimum Gasteiger partial charge on any atom is -0.355 e. The van der Waals surface area contributed by atoms with Gasteiger partial charge in [0, 0.05) is 22.5 Å². The maximum Gasteiger partial charge on any atom is 0.224 e. The Morgan fingerprint density at radius 3 is 2.36 bits per heavy atom. The van der Waals surface area contributed by atoms with Crippen LogP contribution in [0.5, 0.6) is 0 Å². The number of hydrogen-bond donors (Lipinski definition) is 1. The van der Waals surface area contributed by atoms with Crippen molar-refractivity contribution in [3.05, 3.63) is 69.7 Å². The molecule has 2 nitrogen and oxygen atoms in total. The molecule has 1 fully saturated rings. The molecule has 0 heterocycles. The molecule has 132 valence electrons. The Labute approximate surface area is 154 Å². The lowest BCUT2D eigenvalue weighted by Gasteiger charge is -2.22. The molecule has 3 rings (SSSR count). The van der Waals surface area contributed by atoms with E-state index in [1.165, 1.54) is 12.1 Å². The molecule has 0 saturated heterocycles. The highest BCUT2D eigenvalue weighted by molar-refractivity contribution is 9.10. The van der Waals surface area contributed by atoms with E-state index >= 15 is 0 Å². The molecule has 0 bridgehead atoms. The lowest BCUT2D eigenvalue weighted by atomic mass is 9.87. The van der Waals surface area contributed by atoms with Crippen molar-refractivity contribution in [3.63, 3.8) is 0 Å². The van der Waals surface area contributed by atoms with Crippen molar-refractivity contribution in [1.82, 2.24) is 5.32 Å². The topological polar surface area (TPSA) is 29.1 Å². The molecule has 1 N–H and O–H groups in total. The number of amides is 1. The zero-order chi connectivity index (χ0) is 18.2. The molecule has 1 amide bonds. The summed E-state index contributed by atoms with van der Waals surface area (Å²) in [5.74, 6) is -1.24. The molecule has 2 aromatic rings. The Hall–Kier alpha value is -1.75. The number of rotatable bonds is 5. The normalized spacial score (nSPS) is 21.0. The molecule has 25 heavy (non-hydrogen) atoms. The fourth-order valence-electron chi connectivity index (χ4n) is 3.54. The van der Waals surface area contributed by atoms with Gasteiger partial charge in [-0.1, -0.05) is 48.0 Å². The summed E-state index contributed by atoms with van der Waals surface area (Å²) in [6, 6.07) is 11.2. The third kappa shape index (κ3) is 3.61. The van der Waals surface area contributed by atoms with Gasteiger partial charge < -0.3 is 5.32 Å². The van der Waals surface area contributed by atoms with Crippen molar-refractivity contribution in [2.45, 2.75) is 32.1 Å². The first kappa shape index (κ1) is 18.1. The number of carbonyl (C=O) groups excluding carboxylic acids is 1. The van der Waals surface area contributed by atoms with Crippen molar-refractivity contribution in [2.75, 3.05) is 6.54 Å². The van der Waals surface area contributed by atoms with E-state index < -0.39 is 17.0 Å². The van der Waals surface area contributed by atoms with Crippen molar-refractivity contribution >= 4 is 21.8 Å². The van der Waals surface area contributed by atoms with Gasteiger partial charge in [0.05, 0.1) is 6.42 Å². The number of nitrogens with one attached hydrogen (secondary N) is 1. The van der Waals surface area contributed by atoms with Gasteiger partial charge in [0.2, 0.25) is 5.91 Å². The van der Waals surface area contributed by atoms with E-state index in [9.17, 15) is 13.6 Å². The van der Waals surface area contributed by atoms with Gasteiger partial charge in [-0.15, -0.1) is 0 Å². The van der Waals surface area contributed by atoms with Crippen LogP contribution in [0, 0.1) is 17.0 Å². The second-order valence-electron chi connectivity index (χ2n) is 7.35. The molecule has 0 aliphatic heterocycles. The van der Waals surface area contributed by atoms with Crippen LogP contribution in [0.15, 0.2) is 46.9 Å². The zero-order valence-electron chi connectivity index (χ0n) is 14.2. The van der Waals surface area contributed by atoms with Gasteiger partial charge in [-0.25, -0.2) is 8.78 Å². The van der Waals surface area contributed by atoms with Gasteiger partial charge in [-0.3, -0.25) is 4.79 Å². The summed E-state index contributed by atoms with van der Waals surface area (Å²) in [6.07, 6.45) is 1.02. The summed E-state index contributed by atoms with van der Waals surface area (Å²) >= 11 is 3.36. The Morgan fingerprint density at radius 2 is 1.80 bits per heavy atom. The molecule has 1 unspecified atom stereocenters. The molecule has 1 saturated carbocycles. The third-order valence-corrected chi connectivity index (χ3v) is 5.75. The number of hydrogen-bond acceptors (Lipinski definition) is 1. The highest BCUT2D eigenvalue weighted by atomic mass is 79.9. The van der Waals surface area contributed by atoms with Crippen LogP contribution in [0.4, 0.5) is 8.78 Å². The van der Waals surface area contributed by atoms with Gasteiger partial charge in [0.25, 0.3) is 0 Å². The van der Waals surface area contributed by atoms with Crippen LogP contribution in [0.2, 0.25) is 0 Å². The summed E-state index contributed by atoms with van der Waals surface area (Å²) in [7, 11) is 0. The average Bonchev–Trinajstić information content (AvgIpc) is 3.10. The highest BCUT2D eigenvalue weighted by Crippen LogP contribution is 2.64. The van der Waals surface area contributed by atoms with E-state index in [-0.39, 0.29) is 17.7 Å². The molecule has 1 aliphatic rings. The second kappa shape index (κ2) is 6.52. The maximum atomic E-state index is 14.3. The Balaban J connectivity index is 1.71. The first-order valence-corrected chi connectivity index (χ1v) is 8.99. The van der Waals surface area contributed by atoms with E-state index in [4.69, 9.17) is 0 Å². The predicted octanol–water partition coefficient (Wildman–Crippen LogP) is 4.75. The standard InChI is InChI=1S/C20H20BrF2NO/c1-19(2)11-20(19,16-8-7-15(22)10-17(16)23)12-24-18(25)9-13-3-5-14(21)6-4-13/h3-8,10H,9,11-12H2,1-2H3,(H,24,25). The predicted molar refractivity (Wildman–Crippen MR) is 97.3 cm³/mol. The van der Waals surface area contributed by atoms with Crippen molar-refractivity contribution in [1.29, 1.82) is 0 Å². The Morgan fingerprint density at radius 1 is 1.16 bits per heavy atom. The lowest BCUT2D eigenvalue weighted by Crippen LogP contribution is -2.36. The van der Waals surface area contributed by atoms with Gasteiger partial charge in [0.1, 0.15) is 11.6 Å². The molecule has 2 aromatic carbocycles. The summed E-state index contributed by atoms with van der Waals surface area (Å²) in [6.45, 7) is 4.42. The van der Waals surface area contributed by atoms with Crippen LogP contribution < -0.4 is 5.32 Å². The zero-order valence-corrected chi connectivity index (χ0v) is 15.8. The van der Waals surface area contributed by atoms with Crippen LogP contribution in [0.1, 0.15) is 31.4 Å². The molecule has 1 aliphatic carbocycles. The molecule has 0 aromatic heterocycles. The minimum absolute atomic E-state index is 0.105. The van der Waals surface area contributed by atoms with Crippen LogP contribution in [0.3, 0.4) is 0 Å². The summed E-state index contributed by atoms with van der Waals surface area (Å²) in [5.41, 5.74) is 0.761. The fourth-order valence-corrected chi connectivity index (χ4v) is 3.81. The monoisotopic (exact) mass is 407 g/mol. The van der Waals surface area contributed by atoms with Crippen molar-refractivity contribution in [2.24, 2.45) is 5.41 Å². The molecular formula is C20H20BrF2NO. The first-order valence-electron chi connectivity index (χ1n) is 8.20. The molecular weight excluding hydrogens is 388 g/mol. The van der Waals surface area contributed by atoms with Crippen molar-refractivity contribution in [3.8, 4) is 0 Å². The summed E-state index contributed by atoms with van der Waals surface area (Å²) in [5, 5.41) is 2.93. The van der Waals surface area contributed by atoms with Crippen molar-refractivity contribution < 1.29 is 13.6 Å². The average molecular weight is 408 g/mol. The SMILES string of the molecule is CC1(C)CC1(CNC(=O)Cc1ccc(Br)cc1)c1ccc(F)cc1F. The molecule has 1 atom stereocenters. The quantitative estimate of drug-likeness (QED) is 0.760. The van der Waals surface area contributed by atoms with E-state index in [0.29, 0.717) is 12.1 Å². The van der Waals surface area contributed by atoms with Gasteiger partial charge in [0.15, 0.2) is 0 Å². The first-order chi connectivity index (χ1) is 11.7. The van der Waals surface area contributed by atoms with Crippen LogP contribution in [-0.4, -0.2) is 12.5 Å². The minimum atomic E-state index is -0.589. The highest BCUT2D eigenvalue weighted by Gasteiger charge is 2.62. The Bertz CT molecular complexity index is 804. The smallest absolute Gasteiger partial charge is 0.224 e. The van der Waals surface area contributed by atoms with Crippen LogP contribution >= 0.6 is 15.9 Å². The van der Waals surface area contributed by atoms with E-state index in [2.05, 4.69) is 21.2 Å². The molecule has 0 spiro atoms. The third-order valence-electron chi connectivity index (χ3n) is 5.23. The molecule has 0 radical (unpaired) electrons. The summed E-state index contributed by atoms with van der Waals surface area (Å²) < 4.78 is 28.5. The van der Waals surface area contributed by atoms with E-state index in [0.717, 1.165) is 22.5 Å².